The maximum atomic E-state index is 6.15. The standard InChI is InChI=1S/C15H12ClN2O/c1-18-9-7-12(8-10-18)15-17-14(16)13(19-15)11-5-3-2-4-6-11/h2-10H,1H3/q+1. The van der Waals surface area contributed by atoms with Gasteiger partial charge in [0.15, 0.2) is 23.3 Å². The molecule has 3 aromatic rings. The molecular weight excluding hydrogens is 260 g/mol. The topological polar surface area (TPSA) is 29.9 Å². The number of hydrogen-bond donors (Lipinski definition) is 0. The van der Waals surface area contributed by atoms with Gasteiger partial charge in [0.05, 0.1) is 0 Å². The molecule has 0 atom stereocenters. The van der Waals surface area contributed by atoms with E-state index in [-0.39, 0.29) is 0 Å². The summed E-state index contributed by atoms with van der Waals surface area (Å²) in [6, 6.07) is 13.6. The van der Waals surface area contributed by atoms with Crippen molar-refractivity contribution < 1.29 is 8.98 Å². The summed E-state index contributed by atoms with van der Waals surface area (Å²) in [6.45, 7) is 0. The quantitative estimate of drug-likeness (QED) is 0.668. The first-order valence-electron chi connectivity index (χ1n) is 5.91. The maximum Gasteiger partial charge on any atom is 0.228 e. The van der Waals surface area contributed by atoms with Gasteiger partial charge in [0.1, 0.15) is 7.05 Å². The first kappa shape index (κ1) is 11.9. The Hall–Kier alpha value is -2.13. The molecule has 0 saturated carbocycles. The van der Waals surface area contributed by atoms with E-state index in [0.717, 1.165) is 11.1 Å². The van der Waals surface area contributed by atoms with E-state index in [1.807, 2.05) is 66.5 Å². The average Bonchev–Trinajstić information content (AvgIpc) is 2.83. The smallest absolute Gasteiger partial charge is 0.228 e. The lowest BCUT2D eigenvalue weighted by molar-refractivity contribution is -0.671. The van der Waals surface area contributed by atoms with Crippen LogP contribution in [0.2, 0.25) is 5.15 Å². The van der Waals surface area contributed by atoms with Crippen LogP contribution in [0.5, 0.6) is 0 Å². The summed E-state index contributed by atoms with van der Waals surface area (Å²) in [4.78, 5) is 4.28. The van der Waals surface area contributed by atoms with Crippen LogP contribution in [0, 0.1) is 0 Å². The molecule has 0 saturated heterocycles. The average molecular weight is 272 g/mol. The Morgan fingerprint density at radius 3 is 2.37 bits per heavy atom. The van der Waals surface area contributed by atoms with Crippen LogP contribution in [-0.4, -0.2) is 4.98 Å². The van der Waals surface area contributed by atoms with Crippen LogP contribution in [0.25, 0.3) is 22.8 Å². The Morgan fingerprint density at radius 2 is 1.68 bits per heavy atom. The van der Waals surface area contributed by atoms with Gasteiger partial charge in [-0.05, 0) is 0 Å². The van der Waals surface area contributed by atoms with Gasteiger partial charge in [-0.25, -0.2) is 4.57 Å². The number of hydrogen-bond acceptors (Lipinski definition) is 2. The second kappa shape index (κ2) is 4.86. The van der Waals surface area contributed by atoms with Gasteiger partial charge < -0.3 is 4.42 Å². The molecule has 0 aliphatic rings. The molecule has 3 nitrogen and oxygen atoms in total. The first-order chi connectivity index (χ1) is 9.24. The third-order valence-corrected chi connectivity index (χ3v) is 3.10. The lowest BCUT2D eigenvalue weighted by Gasteiger charge is -1.95. The summed E-state index contributed by atoms with van der Waals surface area (Å²) in [5, 5.41) is 0.384. The Labute approximate surface area is 116 Å². The fourth-order valence-corrected chi connectivity index (χ4v) is 2.06. The molecule has 0 unspecified atom stereocenters. The van der Waals surface area contributed by atoms with E-state index < -0.39 is 0 Å². The number of aromatic nitrogens is 2. The van der Waals surface area contributed by atoms with E-state index in [9.17, 15) is 0 Å². The van der Waals surface area contributed by atoms with E-state index in [4.69, 9.17) is 16.0 Å². The molecule has 0 spiro atoms. The molecule has 0 aliphatic heterocycles. The minimum Gasteiger partial charge on any atom is -0.434 e. The predicted octanol–water partition coefficient (Wildman–Crippen LogP) is 3.49. The van der Waals surface area contributed by atoms with Gasteiger partial charge in [0.25, 0.3) is 0 Å². The van der Waals surface area contributed by atoms with E-state index in [1.165, 1.54) is 0 Å². The Morgan fingerprint density at radius 1 is 1.00 bits per heavy atom. The molecule has 0 fully saturated rings. The van der Waals surface area contributed by atoms with Crippen LogP contribution in [-0.2, 0) is 7.05 Å². The minimum absolute atomic E-state index is 0.384. The van der Waals surface area contributed by atoms with Crippen molar-refractivity contribution in [2.75, 3.05) is 0 Å². The molecule has 2 heterocycles. The van der Waals surface area contributed by atoms with Crippen molar-refractivity contribution in [3.63, 3.8) is 0 Å². The monoisotopic (exact) mass is 271 g/mol. The van der Waals surface area contributed by atoms with Crippen molar-refractivity contribution in [1.29, 1.82) is 0 Å². The molecule has 0 aliphatic carbocycles. The summed E-state index contributed by atoms with van der Waals surface area (Å²) in [5.74, 6) is 1.13. The number of halogens is 1. The maximum absolute atomic E-state index is 6.15. The Bertz CT molecular complexity index is 690. The number of aryl methyl sites for hydroxylation is 1. The third kappa shape index (κ3) is 2.37. The zero-order valence-electron chi connectivity index (χ0n) is 10.4. The summed E-state index contributed by atoms with van der Waals surface area (Å²) in [7, 11) is 1.96. The predicted molar refractivity (Wildman–Crippen MR) is 73.6 cm³/mol. The van der Waals surface area contributed by atoms with Crippen molar-refractivity contribution in [3.8, 4) is 22.8 Å². The molecular formula is C15H12ClN2O+. The zero-order valence-corrected chi connectivity index (χ0v) is 11.1. The molecule has 0 bridgehead atoms. The van der Waals surface area contributed by atoms with E-state index >= 15 is 0 Å². The summed E-state index contributed by atoms with van der Waals surface area (Å²) < 4.78 is 7.72. The molecule has 2 aromatic heterocycles. The molecule has 0 amide bonds. The van der Waals surface area contributed by atoms with E-state index in [0.29, 0.717) is 16.8 Å². The number of benzene rings is 1. The highest BCUT2D eigenvalue weighted by molar-refractivity contribution is 6.31. The highest BCUT2D eigenvalue weighted by Crippen LogP contribution is 2.32. The third-order valence-electron chi connectivity index (χ3n) is 2.85. The zero-order chi connectivity index (χ0) is 13.2. The van der Waals surface area contributed by atoms with Crippen molar-refractivity contribution in [2.45, 2.75) is 0 Å². The van der Waals surface area contributed by atoms with Crippen molar-refractivity contribution >= 4 is 11.6 Å². The Balaban J connectivity index is 2.04. The highest BCUT2D eigenvalue weighted by atomic mass is 35.5. The van der Waals surface area contributed by atoms with Crippen LogP contribution >= 0.6 is 11.6 Å². The van der Waals surface area contributed by atoms with Crippen LogP contribution in [0.4, 0.5) is 0 Å². The van der Waals surface area contributed by atoms with Gasteiger partial charge in [-0.1, -0.05) is 41.9 Å². The summed E-state index contributed by atoms with van der Waals surface area (Å²) >= 11 is 6.15. The number of nitrogens with zero attached hydrogens (tertiary/aromatic N) is 2. The van der Waals surface area contributed by atoms with Gasteiger partial charge >= 0.3 is 0 Å². The fourth-order valence-electron chi connectivity index (χ4n) is 1.84. The molecule has 1 aromatic carbocycles. The molecule has 0 radical (unpaired) electrons. The van der Waals surface area contributed by atoms with Crippen LogP contribution in [0.1, 0.15) is 0 Å². The second-order valence-electron chi connectivity index (χ2n) is 4.26. The van der Waals surface area contributed by atoms with Crippen molar-refractivity contribution in [2.24, 2.45) is 7.05 Å². The second-order valence-corrected chi connectivity index (χ2v) is 4.62. The lowest BCUT2D eigenvalue weighted by atomic mass is 10.2. The highest BCUT2D eigenvalue weighted by Gasteiger charge is 2.14. The van der Waals surface area contributed by atoms with Gasteiger partial charge in [-0.15, -0.1) is 0 Å². The molecule has 0 N–H and O–H groups in total. The molecule has 3 rings (SSSR count). The number of rotatable bonds is 2. The fraction of sp³-hybridized carbons (Fsp3) is 0.0667. The van der Waals surface area contributed by atoms with E-state index in [2.05, 4.69) is 4.98 Å². The molecule has 19 heavy (non-hydrogen) atoms. The number of pyridine rings is 1. The summed E-state index contributed by atoms with van der Waals surface area (Å²) in [6.07, 6.45) is 3.88. The Kier molecular flexibility index (Phi) is 3.05. The number of oxazole rings is 1. The largest absolute Gasteiger partial charge is 0.434 e. The van der Waals surface area contributed by atoms with Crippen LogP contribution in [0.3, 0.4) is 0 Å². The normalized spacial score (nSPS) is 10.6. The van der Waals surface area contributed by atoms with Gasteiger partial charge in [-0.3, -0.25) is 0 Å². The first-order valence-corrected chi connectivity index (χ1v) is 6.29. The van der Waals surface area contributed by atoms with Crippen LogP contribution in [0.15, 0.2) is 59.3 Å². The van der Waals surface area contributed by atoms with Crippen molar-refractivity contribution in [3.05, 3.63) is 60.0 Å². The molecule has 94 valence electrons. The minimum atomic E-state index is 0.384. The lowest BCUT2D eigenvalue weighted by Crippen LogP contribution is -2.25. The summed E-state index contributed by atoms with van der Waals surface area (Å²) in [5.41, 5.74) is 1.83. The molecule has 4 heteroatoms. The van der Waals surface area contributed by atoms with Gasteiger partial charge in [0, 0.05) is 23.3 Å². The SMILES string of the molecule is C[n+]1ccc(-c2nc(Cl)c(-c3ccccc3)o2)cc1. The van der Waals surface area contributed by atoms with Gasteiger partial charge in [0.2, 0.25) is 5.89 Å². The van der Waals surface area contributed by atoms with Crippen LogP contribution < -0.4 is 4.57 Å². The van der Waals surface area contributed by atoms with Gasteiger partial charge in [-0.2, -0.15) is 4.98 Å². The van der Waals surface area contributed by atoms with E-state index in [1.54, 1.807) is 0 Å². The van der Waals surface area contributed by atoms with Crippen molar-refractivity contribution in [1.82, 2.24) is 4.98 Å².